The minimum Gasteiger partial charge on any atom is -0.478 e. The van der Waals surface area contributed by atoms with Crippen molar-refractivity contribution in [2.24, 2.45) is 5.73 Å². The van der Waals surface area contributed by atoms with Crippen LogP contribution >= 0.6 is 0 Å². The number of aromatic nitrogens is 3. The van der Waals surface area contributed by atoms with Crippen molar-refractivity contribution >= 4 is 11.6 Å². The van der Waals surface area contributed by atoms with Crippen molar-refractivity contribution in [1.82, 2.24) is 14.6 Å². The first kappa shape index (κ1) is 8.64. The molecule has 0 radical (unpaired) electrons. The molecule has 72 valence electrons. The van der Waals surface area contributed by atoms with Gasteiger partial charge in [-0.2, -0.15) is 0 Å². The number of aromatic carboxylic acids is 1. The van der Waals surface area contributed by atoms with E-state index in [9.17, 15) is 4.79 Å². The second-order valence-electron chi connectivity index (χ2n) is 2.73. The van der Waals surface area contributed by atoms with Gasteiger partial charge >= 0.3 is 5.97 Å². The monoisotopic (exact) mass is 192 g/mol. The summed E-state index contributed by atoms with van der Waals surface area (Å²) in [5, 5.41) is 12.8. The molecule has 0 unspecified atom stereocenters. The van der Waals surface area contributed by atoms with Crippen LogP contribution in [-0.2, 0) is 6.54 Å². The van der Waals surface area contributed by atoms with E-state index in [4.69, 9.17) is 10.8 Å². The van der Waals surface area contributed by atoms with Gasteiger partial charge in [-0.05, 0) is 12.1 Å². The van der Waals surface area contributed by atoms with E-state index in [0.29, 0.717) is 11.5 Å². The molecule has 0 spiro atoms. The molecular weight excluding hydrogens is 184 g/mol. The lowest BCUT2D eigenvalue weighted by Gasteiger charge is -1.94. The van der Waals surface area contributed by atoms with E-state index in [-0.39, 0.29) is 12.1 Å². The number of hydrogen-bond acceptors (Lipinski definition) is 4. The Balaban J connectivity index is 2.73. The largest absolute Gasteiger partial charge is 0.478 e. The zero-order valence-electron chi connectivity index (χ0n) is 7.21. The van der Waals surface area contributed by atoms with Crippen LogP contribution < -0.4 is 5.73 Å². The maximum atomic E-state index is 10.8. The fraction of sp³-hybridized carbons (Fsp3) is 0.125. The Labute approximate surface area is 79.0 Å². The highest BCUT2D eigenvalue weighted by Crippen LogP contribution is 2.08. The fourth-order valence-electron chi connectivity index (χ4n) is 1.20. The van der Waals surface area contributed by atoms with E-state index >= 15 is 0 Å². The third-order valence-electron chi connectivity index (χ3n) is 1.82. The lowest BCUT2D eigenvalue weighted by atomic mass is 10.3. The number of fused-ring (bicyclic) bond motifs is 1. The van der Waals surface area contributed by atoms with Gasteiger partial charge in [0.05, 0.1) is 6.54 Å². The predicted octanol–water partition coefficient (Wildman–Crippen LogP) is -0.114. The van der Waals surface area contributed by atoms with Crippen LogP contribution in [0, 0.1) is 0 Å². The highest BCUT2D eigenvalue weighted by Gasteiger charge is 2.11. The average Bonchev–Trinajstić information content (AvgIpc) is 2.59. The van der Waals surface area contributed by atoms with Crippen molar-refractivity contribution in [2.75, 3.05) is 0 Å². The van der Waals surface area contributed by atoms with E-state index in [1.165, 1.54) is 10.6 Å². The Morgan fingerprint density at radius 3 is 3.07 bits per heavy atom. The standard InChI is InChI=1S/C8H8N4O2/c9-4-6-10-7-5(8(13)14)2-1-3-12(7)11-6/h1-3H,4,9H2,(H,13,14). The van der Waals surface area contributed by atoms with Gasteiger partial charge in [-0.3, -0.25) is 0 Å². The van der Waals surface area contributed by atoms with Crippen LogP contribution in [-0.4, -0.2) is 25.7 Å². The molecule has 2 aromatic heterocycles. The molecule has 0 amide bonds. The van der Waals surface area contributed by atoms with Gasteiger partial charge in [-0.25, -0.2) is 14.3 Å². The number of pyridine rings is 1. The third kappa shape index (κ3) is 1.21. The maximum absolute atomic E-state index is 10.8. The van der Waals surface area contributed by atoms with Crippen LogP contribution in [0.3, 0.4) is 0 Å². The summed E-state index contributed by atoms with van der Waals surface area (Å²) in [7, 11) is 0. The van der Waals surface area contributed by atoms with Gasteiger partial charge in [0.2, 0.25) is 0 Å². The summed E-state index contributed by atoms with van der Waals surface area (Å²) in [5.74, 6) is -0.592. The molecule has 0 saturated heterocycles. The molecule has 2 heterocycles. The van der Waals surface area contributed by atoms with Crippen molar-refractivity contribution < 1.29 is 9.90 Å². The molecule has 0 bridgehead atoms. The van der Waals surface area contributed by atoms with Gasteiger partial charge in [0, 0.05) is 6.20 Å². The normalized spacial score (nSPS) is 10.6. The highest BCUT2D eigenvalue weighted by molar-refractivity contribution is 5.94. The predicted molar refractivity (Wildman–Crippen MR) is 47.8 cm³/mol. The van der Waals surface area contributed by atoms with Gasteiger partial charge in [0.1, 0.15) is 5.56 Å². The topological polar surface area (TPSA) is 93.5 Å². The minimum atomic E-state index is -1.02. The van der Waals surface area contributed by atoms with Gasteiger partial charge in [-0.15, -0.1) is 5.10 Å². The Hall–Kier alpha value is -1.95. The Kier molecular flexibility index (Phi) is 1.90. The molecule has 0 fully saturated rings. The minimum absolute atomic E-state index is 0.125. The first-order chi connectivity index (χ1) is 6.72. The molecule has 2 aromatic rings. The van der Waals surface area contributed by atoms with E-state index in [1.807, 2.05) is 0 Å². The fourth-order valence-corrected chi connectivity index (χ4v) is 1.20. The molecular formula is C8H8N4O2. The molecule has 2 rings (SSSR count). The van der Waals surface area contributed by atoms with Gasteiger partial charge in [0.15, 0.2) is 11.5 Å². The number of carboxylic acid groups (broad SMARTS) is 1. The van der Waals surface area contributed by atoms with Crippen molar-refractivity contribution in [3.8, 4) is 0 Å². The molecule has 0 aliphatic rings. The molecule has 0 saturated carbocycles. The molecule has 0 atom stereocenters. The second kappa shape index (κ2) is 3.08. The molecule has 14 heavy (non-hydrogen) atoms. The van der Waals surface area contributed by atoms with Crippen LogP contribution in [0.25, 0.3) is 5.65 Å². The SMILES string of the molecule is NCc1nc2c(C(=O)O)cccn2n1. The number of carbonyl (C=O) groups is 1. The van der Waals surface area contributed by atoms with Gasteiger partial charge in [-0.1, -0.05) is 0 Å². The van der Waals surface area contributed by atoms with Crippen LogP contribution in [0.5, 0.6) is 0 Å². The van der Waals surface area contributed by atoms with Crippen LogP contribution in [0.2, 0.25) is 0 Å². The smallest absolute Gasteiger partial charge is 0.339 e. The lowest BCUT2D eigenvalue weighted by molar-refractivity contribution is 0.0698. The third-order valence-corrected chi connectivity index (χ3v) is 1.82. The summed E-state index contributed by atoms with van der Waals surface area (Å²) in [6.45, 7) is 0.195. The molecule has 6 heteroatoms. The summed E-state index contributed by atoms with van der Waals surface area (Å²) >= 11 is 0. The summed E-state index contributed by atoms with van der Waals surface area (Å²) in [6, 6.07) is 3.08. The molecule has 0 aliphatic carbocycles. The van der Waals surface area contributed by atoms with Gasteiger partial charge < -0.3 is 10.8 Å². The number of nitrogens with two attached hydrogens (primary N) is 1. The highest BCUT2D eigenvalue weighted by atomic mass is 16.4. The summed E-state index contributed by atoms with van der Waals surface area (Å²) < 4.78 is 1.41. The first-order valence-corrected chi connectivity index (χ1v) is 4.00. The maximum Gasteiger partial charge on any atom is 0.339 e. The van der Waals surface area contributed by atoms with E-state index in [0.717, 1.165) is 0 Å². The van der Waals surface area contributed by atoms with Crippen molar-refractivity contribution in [2.45, 2.75) is 6.54 Å². The first-order valence-electron chi connectivity index (χ1n) is 4.00. The van der Waals surface area contributed by atoms with Crippen LogP contribution in [0.1, 0.15) is 16.2 Å². The van der Waals surface area contributed by atoms with Crippen molar-refractivity contribution in [1.29, 1.82) is 0 Å². The number of nitrogens with zero attached hydrogens (tertiary/aromatic N) is 3. The average molecular weight is 192 g/mol. The zero-order valence-corrected chi connectivity index (χ0v) is 7.21. The van der Waals surface area contributed by atoms with Crippen LogP contribution in [0.15, 0.2) is 18.3 Å². The number of hydrogen-bond donors (Lipinski definition) is 2. The molecule has 3 N–H and O–H groups in total. The molecule has 6 nitrogen and oxygen atoms in total. The number of rotatable bonds is 2. The number of carboxylic acids is 1. The molecule has 0 aromatic carbocycles. The van der Waals surface area contributed by atoms with E-state index in [2.05, 4.69) is 10.1 Å². The lowest BCUT2D eigenvalue weighted by Crippen LogP contribution is -2.00. The van der Waals surface area contributed by atoms with Crippen LogP contribution in [0.4, 0.5) is 0 Å². The summed E-state index contributed by atoms with van der Waals surface area (Å²) in [5.41, 5.74) is 5.80. The van der Waals surface area contributed by atoms with Crippen molar-refractivity contribution in [3.63, 3.8) is 0 Å². The second-order valence-corrected chi connectivity index (χ2v) is 2.73. The van der Waals surface area contributed by atoms with E-state index < -0.39 is 5.97 Å². The summed E-state index contributed by atoms with van der Waals surface area (Å²) in [6.07, 6.45) is 1.63. The Morgan fingerprint density at radius 2 is 2.43 bits per heavy atom. The van der Waals surface area contributed by atoms with Crippen molar-refractivity contribution in [3.05, 3.63) is 29.7 Å². The Morgan fingerprint density at radius 1 is 1.64 bits per heavy atom. The Bertz CT molecular complexity index is 491. The van der Waals surface area contributed by atoms with Gasteiger partial charge in [0.25, 0.3) is 0 Å². The van der Waals surface area contributed by atoms with E-state index in [1.54, 1.807) is 12.3 Å². The quantitative estimate of drug-likeness (QED) is 0.692. The summed E-state index contributed by atoms with van der Waals surface area (Å²) in [4.78, 5) is 14.8. The molecule has 0 aliphatic heterocycles. The zero-order chi connectivity index (χ0) is 10.1.